The van der Waals surface area contributed by atoms with E-state index in [9.17, 15) is 0 Å². The molecule has 1 aliphatic heterocycles. The number of benzene rings is 6. The van der Waals surface area contributed by atoms with Crippen LogP contribution in [0.25, 0.3) is 50.2 Å². The number of nitrogens with zero attached hydrogens (tertiary/aromatic N) is 2. The molecule has 0 saturated carbocycles. The molecule has 8 rings (SSSR count). The van der Waals surface area contributed by atoms with Gasteiger partial charge in [-0.15, -0.1) is 0 Å². The third kappa shape index (κ3) is 10.8. The summed E-state index contributed by atoms with van der Waals surface area (Å²) in [6, 6.07) is 50.9. The number of azo groups is 2. The minimum atomic E-state index is 0.118. The van der Waals surface area contributed by atoms with Gasteiger partial charge in [0, 0.05) is 5.92 Å². The minimum Gasteiger partial charge on any atom is -0.183 e. The van der Waals surface area contributed by atoms with Crippen molar-refractivity contribution >= 4 is 29.5 Å². The number of allylic oxidation sites excluding steroid dienone is 10. The van der Waals surface area contributed by atoms with Gasteiger partial charge in [-0.05, 0) is 165 Å². The van der Waals surface area contributed by atoms with Crippen molar-refractivity contribution in [1.29, 1.82) is 0 Å². The fourth-order valence-corrected chi connectivity index (χ4v) is 8.33. The van der Waals surface area contributed by atoms with Crippen molar-refractivity contribution in [1.82, 2.24) is 0 Å². The van der Waals surface area contributed by atoms with Gasteiger partial charge in [0.05, 0.1) is 5.56 Å². The number of aryl methyl sites for hydroxylation is 2. The highest BCUT2D eigenvalue weighted by Crippen LogP contribution is 2.48. The zero-order valence-electron chi connectivity index (χ0n) is 38.8. The van der Waals surface area contributed by atoms with Gasteiger partial charge in [-0.2, -0.15) is 12.6 Å². The van der Waals surface area contributed by atoms with Gasteiger partial charge < -0.3 is 0 Å². The molecule has 0 aromatic heterocycles. The molecule has 6 aromatic carbocycles. The maximum absolute atomic E-state index is 4.15. The summed E-state index contributed by atoms with van der Waals surface area (Å²) in [7, 11) is 1.97. The van der Waals surface area contributed by atoms with Crippen molar-refractivity contribution in [2.45, 2.75) is 61.3 Å². The standard InChI is InChI=1S/C38H38.C21H21N2.CH4S/c1-7-13-34-33(22-23-38(4,5)6)32-21-20-30(25-36(32)37(34)28-15-9-8-10-16-28)29-19-18-27(3)35(24-29)31-17-12-11-14-26(31)2;1-4-8-16(5-2)17-9-6-10-18(13-17)19-11-7-12-20(14-19)21-15-22-23(21)3;1-2/h7-25,37H,1-6H3;4-15H,1-3H3;2H,1H3/q;+1;/b13-7-,23-22+;8-4-,16-5+;. The Bertz CT molecular complexity index is 2780. The van der Waals surface area contributed by atoms with Crippen LogP contribution in [0.2, 0.25) is 0 Å². The van der Waals surface area contributed by atoms with Gasteiger partial charge >= 0.3 is 0 Å². The van der Waals surface area contributed by atoms with E-state index in [1.807, 2.05) is 24.9 Å². The van der Waals surface area contributed by atoms with Crippen LogP contribution in [0.5, 0.6) is 0 Å². The van der Waals surface area contributed by atoms with E-state index in [1.165, 1.54) is 89.0 Å². The molecule has 0 spiro atoms. The lowest BCUT2D eigenvalue weighted by atomic mass is 9.86. The highest BCUT2D eigenvalue weighted by molar-refractivity contribution is 7.79. The van der Waals surface area contributed by atoms with Crippen molar-refractivity contribution in [2.75, 3.05) is 13.3 Å². The summed E-state index contributed by atoms with van der Waals surface area (Å²) in [6.45, 7) is 17.4. The number of fused-ring (bicyclic) bond motifs is 1. The normalized spacial score (nSPS) is 14.8. The molecule has 2 nitrogen and oxygen atoms in total. The second-order valence-corrected chi connectivity index (χ2v) is 17.1. The first-order valence-corrected chi connectivity index (χ1v) is 22.9. The summed E-state index contributed by atoms with van der Waals surface area (Å²) in [6.07, 6.45) is 19.1. The van der Waals surface area contributed by atoms with Gasteiger partial charge in [0.1, 0.15) is 0 Å². The van der Waals surface area contributed by atoms with E-state index >= 15 is 0 Å². The zero-order valence-corrected chi connectivity index (χ0v) is 39.7. The maximum atomic E-state index is 4.15. The molecular formula is C60H63N2S+. The first kappa shape index (κ1) is 46.2. The summed E-state index contributed by atoms with van der Waals surface area (Å²) >= 11 is 3.53. The van der Waals surface area contributed by atoms with E-state index in [2.05, 4.69) is 248 Å². The molecule has 318 valence electrons. The summed E-state index contributed by atoms with van der Waals surface area (Å²) in [5.74, 6) is 0.211. The maximum Gasteiger partial charge on any atom is 0.263 e. The van der Waals surface area contributed by atoms with E-state index in [1.54, 1.807) is 6.26 Å². The highest BCUT2D eigenvalue weighted by atomic mass is 32.1. The Labute approximate surface area is 383 Å². The van der Waals surface area contributed by atoms with E-state index in [0.717, 1.165) is 5.70 Å². The first-order valence-electron chi connectivity index (χ1n) is 22.0. The molecule has 0 bridgehead atoms. The van der Waals surface area contributed by atoms with Crippen LogP contribution >= 0.6 is 12.6 Å². The summed E-state index contributed by atoms with van der Waals surface area (Å²) in [4.78, 5) is 0. The monoisotopic (exact) mass is 843 g/mol. The number of rotatable bonds is 9. The van der Waals surface area contributed by atoms with Crippen molar-refractivity contribution in [3.63, 3.8) is 0 Å². The Morgan fingerprint density at radius 1 is 0.603 bits per heavy atom. The largest absolute Gasteiger partial charge is 0.263 e. The molecule has 1 heterocycles. The molecular weight excluding hydrogens is 781 g/mol. The molecule has 1 atom stereocenters. The number of hydrogen-bond donors (Lipinski definition) is 1. The molecule has 6 aromatic rings. The molecule has 0 radical (unpaired) electrons. The molecule has 1 aliphatic carbocycles. The SMILES string of the molecule is C/C=C\C(=C/C)c1cccc(-c2cccc(C3=CN=[N+]3C)c2)c1.C/C=C\C1=C(/C=C/C(C)(C)C)c2ccc(-c3ccc(C)c(-c4ccccc4C)c3)cc2C1c1ccccc1.CS. The number of thiol groups is 1. The summed E-state index contributed by atoms with van der Waals surface area (Å²) in [5.41, 5.74) is 21.9. The molecule has 0 N–H and O–H groups in total. The van der Waals surface area contributed by atoms with E-state index in [0.29, 0.717) is 0 Å². The highest BCUT2D eigenvalue weighted by Gasteiger charge is 2.31. The number of hydrogen-bond acceptors (Lipinski definition) is 2. The molecule has 0 fully saturated rings. The van der Waals surface area contributed by atoms with Crippen molar-refractivity contribution in [3.05, 3.63) is 233 Å². The Kier molecular flexibility index (Phi) is 15.5. The molecule has 0 amide bonds. The second-order valence-electron chi connectivity index (χ2n) is 17.1. The summed E-state index contributed by atoms with van der Waals surface area (Å²) in [5, 5.41) is 4.15. The molecule has 0 saturated heterocycles. The second kappa shape index (κ2) is 21.2. The molecule has 1 unspecified atom stereocenters. The average Bonchev–Trinajstić information content (AvgIpc) is 3.60. The summed E-state index contributed by atoms with van der Waals surface area (Å²) < 4.78 is 1.90. The van der Waals surface area contributed by atoms with Crippen molar-refractivity contribution in [2.24, 2.45) is 10.5 Å². The van der Waals surface area contributed by atoms with Crippen LogP contribution < -0.4 is 0 Å². The van der Waals surface area contributed by atoms with Crippen molar-refractivity contribution < 1.29 is 4.70 Å². The molecule has 3 heteroatoms. The van der Waals surface area contributed by atoms with Gasteiger partial charge in [0.15, 0.2) is 13.2 Å². The fourth-order valence-electron chi connectivity index (χ4n) is 8.33. The smallest absolute Gasteiger partial charge is 0.183 e. The predicted octanol–water partition coefficient (Wildman–Crippen LogP) is 17.0. The van der Waals surface area contributed by atoms with Gasteiger partial charge in [-0.3, -0.25) is 0 Å². The quantitative estimate of drug-likeness (QED) is 0.0848. The van der Waals surface area contributed by atoms with E-state index in [-0.39, 0.29) is 11.3 Å². The molecule has 2 aliphatic rings. The van der Waals surface area contributed by atoms with Gasteiger partial charge in [0.2, 0.25) is 0 Å². The van der Waals surface area contributed by atoms with Crippen LogP contribution in [0.4, 0.5) is 0 Å². The van der Waals surface area contributed by atoms with E-state index < -0.39 is 0 Å². The van der Waals surface area contributed by atoms with Crippen LogP contribution in [0, 0.1) is 19.3 Å². The van der Waals surface area contributed by atoms with Crippen molar-refractivity contribution in [3.8, 4) is 33.4 Å². The van der Waals surface area contributed by atoms with Crippen LogP contribution in [0.1, 0.15) is 86.4 Å². The lowest BCUT2D eigenvalue weighted by Gasteiger charge is -2.17. The van der Waals surface area contributed by atoms with Crippen LogP contribution in [0.15, 0.2) is 199 Å². The Morgan fingerprint density at radius 3 is 1.89 bits per heavy atom. The Balaban J connectivity index is 0.000000226. The van der Waals surface area contributed by atoms with E-state index in [4.69, 9.17) is 0 Å². The van der Waals surface area contributed by atoms with Crippen LogP contribution in [-0.2, 0) is 0 Å². The first-order chi connectivity index (χ1) is 30.5. The van der Waals surface area contributed by atoms with Gasteiger partial charge in [-0.25, -0.2) is 0 Å². The topological polar surface area (TPSA) is 15.4 Å². The minimum absolute atomic E-state index is 0.118. The van der Waals surface area contributed by atoms with Gasteiger partial charge in [-0.1, -0.05) is 177 Å². The fraction of sp³-hybridized carbons (Fsp3) is 0.200. The molecule has 63 heavy (non-hydrogen) atoms. The Morgan fingerprint density at radius 2 is 1.24 bits per heavy atom. The third-order valence-corrected chi connectivity index (χ3v) is 11.6. The average molecular weight is 844 g/mol. The third-order valence-electron chi connectivity index (χ3n) is 11.6. The van der Waals surface area contributed by atoms with Crippen LogP contribution in [-0.4, -0.2) is 18.0 Å². The lowest BCUT2D eigenvalue weighted by Crippen LogP contribution is -2.07. The van der Waals surface area contributed by atoms with Crippen LogP contribution in [0.3, 0.4) is 0 Å². The predicted molar refractivity (Wildman–Crippen MR) is 277 cm³/mol. The lowest BCUT2D eigenvalue weighted by molar-refractivity contribution is -0.486. The van der Waals surface area contributed by atoms with Gasteiger partial charge in [0.25, 0.3) is 5.70 Å². The zero-order chi connectivity index (χ0) is 45.1. The Hall–Kier alpha value is -6.29.